The third-order valence-electron chi connectivity index (χ3n) is 5.46. The highest BCUT2D eigenvalue weighted by Crippen LogP contribution is 2.19. The zero-order valence-electron chi connectivity index (χ0n) is 17.6. The Kier molecular flexibility index (Phi) is 5.63. The number of rotatable bonds is 7. The first-order valence-corrected chi connectivity index (χ1v) is 10.2. The minimum Gasteiger partial charge on any atom is -0.351 e. The number of nitrogens with zero attached hydrogens (tertiary/aromatic N) is 1. The summed E-state index contributed by atoms with van der Waals surface area (Å²) in [4.78, 5) is 36.7. The molecule has 4 aromatic rings. The maximum atomic E-state index is 12.7. The van der Waals surface area contributed by atoms with Gasteiger partial charge >= 0.3 is 0 Å². The van der Waals surface area contributed by atoms with Crippen LogP contribution in [-0.2, 0) is 24.7 Å². The molecule has 4 heteroatoms. The number of aryl methyl sites for hydroxylation is 1. The van der Waals surface area contributed by atoms with Crippen molar-refractivity contribution in [2.75, 3.05) is 0 Å². The number of aromatic nitrogens is 1. The first kappa shape index (κ1) is 20.5. The zero-order chi connectivity index (χ0) is 22.0. The monoisotopic (exact) mass is 409 g/mol. The highest BCUT2D eigenvalue weighted by Gasteiger charge is 2.12. The summed E-state index contributed by atoms with van der Waals surface area (Å²) < 4.78 is 2.02. The minimum atomic E-state index is -0.0817. The van der Waals surface area contributed by atoms with Gasteiger partial charge < -0.3 is 4.57 Å². The predicted molar refractivity (Wildman–Crippen MR) is 122 cm³/mol. The van der Waals surface area contributed by atoms with Crippen molar-refractivity contribution in [1.82, 2.24) is 4.57 Å². The molecule has 0 saturated heterocycles. The van der Waals surface area contributed by atoms with Gasteiger partial charge in [0.2, 0.25) is 0 Å². The smallest absolute Gasteiger partial charge is 0.193 e. The number of benzene rings is 3. The molecule has 0 bridgehead atoms. The van der Waals surface area contributed by atoms with E-state index in [1.165, 1.54) is 0 Å². The Bertz CT molecular complexity index is 1280. The summed E-state index contributed by atoms with van der Waals surface area (Å²) in [7, 11) is 1.98. The number of carbonyl (C=O) groups is 3. The number of fused-ring (bicyclic) bond motifs is 1. The van der Waals surface area contributed by atoms with Crippen LogP contribution in [0, 0.1) is 0 Å². The molecule has 0 saturated carbocycles. The summed E-state index contributed by atoms with van der Waals surface area (Å²) in [5.41, 5.74) is 4.69. The van der Waals surface area contributed by atoms with Crippen molar-refractivity contribution in [3.8, 4) is 0 Å². The van der Waals surface area contributed by atoms with Gasteiger partial charge in [0.1, 0.15) is 5.78 Å². The minimum absolute atomic E-state index is 0.0471. The van der Waals surface area contributed by atoms with E-state index in [4.69, 9.17) is 0 Å². The van der Waals surface area contributed by atoms with E-state index in [1.807, 2.05) is 66.3 Å². The summed E-state index contributed by atoms with van der Waals surface area (Å²) in [6.45, 7) is 1.55. The summed E-state index contributed by atoms with van der Waals surface area (Å²) in [5.74, 6) is 0.0561. The third-order valence-corrected chi connectivity index (χ3v) is 5.46. The fourth-order valence-corrected chi connectivity index (χ4v) is 3.74. The number of hydrogen-bond donors (Lipinski definition) is 0. The van der Waals surface area contributed by atoms with Crippen molar-refractivity contribution >= 4 is 28.3 Å². The second-order valence-electron chi connectivity index (χ2n) is 7.90. The Labute approximate surface area is 181 Å². The van der Waals surface area contributed by atoms with Gasteiger partial charge in [0.05, 0.1) is 0 Å². The van der Waals surface area contributed by atoms with E-state index in [9.17, 15) is 14.4 Å². The van der Waals surface area contributed by atoms with Gasteiger partial charge in [0.15, 0.2) is 11.6 Å². The third kappa shape index (κ3) is 4.53. The highest BCUT2D eigenvalue weighted by molar-refractivity contribution is 6.09. The highest BCUT2D eigenvalue weighted by atomic mass is 16.1. The van der Waals surface area contributed by atoms with Crippen LogP contribution in [0.4, 0.5) is 0 Å². The molecule has 0 unspecified atom stereocenters. The molecular formula is C27H23NO3. The lowest BCUT2D eigenvalue weighted by Gasteiger charge is -2.06. The van der Waals surface area contributed by atoms with E-state index in [-0.39, 0.29) is 23.8 Å². The van der Waals surface area contributed by atoms with Crippen LogP contribution in [0.5, 0.6) is 0 Å². The average molecular weight is 409 g/mol. The van der Waals surface area contributed by atoms with Gasteiger partial charge in [-0.15, -0.1) is 0 Å². The van der Waals surface area contributed by atoms with Crippen molar-refractivity contribution in [1.29, 1.82) is 0 Å². The van der Waals surface area contributed by atoms with Crippen LogP contribution in [-0.4, -0.2) is 21.9 Å². The molecule has 154 valence electrons. The molecule has 3 aromatic carbocycles. The fourth-order valence-electron chi connectivity index (χ4n) is 3.74. The van der Waals surface area contributed by atoms with Crippen molar-refractivity contribution < 1.29 is 14.4 Å². The van der Waals surface area contributed by atoms with Crippen molar-refractivity contribution in [3.05, 3.63) is 107 Å². The zero-order valence-corrected chi connectivity index (χ0v) is 17.6. The number of ketones is 3. The van der Waals surface area contributed by atoms with Crippen LogP contribution in [0.3, 0.4) is 0 Å². The van der Waals surface area contributed by atoms with Gasteiger partial charge in [0.25, 0.3) is 0 Å². The Morgan fingerprint density at radius 2 is 1.26 bits per heavy atom. The van der Waals surface area contributed by atoms with Crippen LogP contribution in [0.15, 0.2) is 79.0 Å². The summed E-state index contributed by atoms with van der Waals surface area (Å²) >= 11 is 0. The largest absolute Gasteiger partial charge is 0.351 e. The molecule has 0 aliphatic heterocycles. The normalized spacial score (nSPS) is 10.9. The molecule has 0 fully saturated rings. The molecular weight excluding hydrogens is 386 g/mol. The molecule has 0 radical (unpaired) electrons. The summed E-state index contributed by atoms with van der Waals surface area (Å²) in [5, 5.41) is 1.05. The molecule has 1 heterocycles. The lowest BCUT2D eigenvalue weighted by atomic mass is 9.97. The van der Waals surface area contributed by atoms with Crippen LogP contribution in [0.2, 0.25) is 0 Å². The second kappa shape index (κ2) is 8.52. The van der Waals surface area contributed by atoms with E-state index < -0.39 is 0 Å². The van der Waals surface area contributed by atoms with Crippen LogP contribution in [0.1, 0.15) is 44.3 Å². The standard InChI is InChI=1S/C27H23NO3/c1-18(29)15-19-3-7-21(8-4-19)27(31)22-9-5-20(6-10-22)16-26(30)24-11-12-25-23(17-24)13-14-28(25)2/h3-14,17H,15-16H2,1-2H3. The van der Waals surface area contributed by atoms with Gasteiger partial charge in [-0.3, -0.25) is 14.4 Å². The van der Waals surface area contributed by atoms with Gasteiger partial charge in [-0.25, -0.2) is 0 Å². The molecule has 4 rings (SSSR count). The van der Waals surface area contributed by atoms with Gasteiger partial charge in [0, 0.05) is 53.7 Å². The summed E-state index contributed by atoms with van der Waals surface area (Å²) in [6.07, 6.45) is 2.63. The van der Waals surface area contributed by atoms with Crippen LogP contribution in [0.25, 0.3) is 10.9 Å². The fraction of sp³-hybridized carbons (Fsp3) is 0.148. The van der Waals surface area contributed by atoms with Crippen molar-refractivity contribution in [3.63, 3.8) is 0 Å². The molecule has 4 nitrogen and oxygen atoms in total. The number of hydrogen-bond acceptors (Lipinski definition) is 3. The van der Waals surface area contributed by atoms with E-state index in [0.717, 1.165) is 22.0 Å². The maximum absolute atomic E-state index is 12.7. The van der Waals surface area contributed by atoms with E-state index in [0.29, 0.717) is 23.1 Å². The van der Waals surface area contributed by atoms with Gasteiger partial charge in [-0.2, -0.15) is 0 Å². The van der Waals surface area contributed by atoms with Crippen molar-refractivity contribution in [2.24, 2.45) is 7.05 Å². The first-order chi connectivity index (χ1) is 14.9. The second-order valence-corrected chi connectivity index (χ2v) is 7.90. The lowest BCUT2D eigenvalue weighted by Crippen LogP contribution is -2.05. The van der Waals surface area contributed by atoms with E-state index in [2.05, 4.69) is 0 Å². The summed E-state index contributed by atoms with van der Waals surface area (Å²) in [6, 6.07) is 22.0. The van der Waals surface area contributed by atoms with Gasteiger partial charge in [-0.05, 0) is 42.3 Å². The first-order valence-electron chi connectivity index (χ1n) is 10.2. The molecule has 0 aliphatic carbocycles. The SMILES string of the molecule is CC(=O)Cc1ccc(C(=O)c2ccc(CC(=O)c3ccc4c(ccn4C)c3)cc2)cc1. The van der Waals surface area contributed by atoms with Crippen LogP contribution < -0.4 is 0 Å². The Balaban J connectivity index is 1.45. The molecule has 31 heavy (non-hydrogen) atoms. The maximum Gasteiger partial charge on any atom is 0.193 e. The van der Waals surface area contributed by atoms with Gasteiger partial charge in [-0.1, -0.05) is 48.5 Å². The molecule has 1 aromatic heterocycles. The molecule has 0 spiro atoms. The average Bonchev–Trinajstić information content (AvgIpc) is 3.14. The number of Topliss-reactive ketones (excluding diaryl/α,β-unsaturated/α-hetero) is 2. The predicted octanol–water partition coefficient (Wildman–Crippen LogP) is 4.97. The lowest BCUT2D eigenvalue weighted by molar-refractivity contribution is -0.116. The Morgan fingerprint density at radius 3 is 1.84 bits per heavy atom. The quantitative estimate of drug-likeness (QED) is 0.405. The topological polar surface area (TPSA) is 56.1 Å². The Morgan fingerprint density at radius 1 is 0.710 bits per heavy atom. The molecule has 0 atom stereocenters. The van der Waals surface area contributed by atoms with E-state index >= 15 is 0 Å². The van der Waals surface area contributed by atoms with Crippen LogP contribution >= 0.6 is 0 Å². The van der Waals surface area contributed by atoms with E-state index in [1.54, 1.807) is 31.2 Å². The van der Waals surface area contributed by atoms with Crippen molar-refractivity contribution in [2.45, 2.75) is 19.8 Å². The number of carbonyl (C=O) groups excluding carboxylic acids is 3. The molecule has 0 aliphatic rings. The molecule has 0 N–H and O–H groups in total. The molecule has 0 amide bonds. The Hall–Kier alpha value is -3.79.